The third kappa shape index (κ3) is 2.12. The molecule has 0 N–H and O–H groups in total. The van der Waals surface area contributed by atoms with Crippen molar-refractivity contribution in [3.05, 3.63) is 11.1 Å². The summed E-state index contributed by atoms with van der Waals surface area (Å²) < 4.78 is 0. The van der Waals surface area contributed by atoms with Crippen molar-refractivity contribution in [3.63, 3.8) is 0 Å². The number of halogens is 1. The first-order valence-electron chi connectivity index (χ1n) is 4.08. The topological polar surface area (TPSA) is 0 Å². The van der Waals surface area contributed by atoms with E-state index in [1.807, 2.05) is 0 Å². The van der Waals surface area contributed by atoms with Crippen LogP contribution in [0.5, 0.6) is 0 Å². The minimum Gasteiger partial charge on any atom is -0.0925 e. The van der Waals surface area contributed by atoms with Crippen LogP contribution in [0.25, 0.3) is 0 Å². The van der Waals surface area contributed by atoms with Gasteiger partial charge in [-0.2, -0.15) is 0 Å². The molecule has 10 heavy (non-hydrogen) atoms. The summed E-state index contributed by atoms with van der Waals surface area (Å²) in [7, 11) is 0. The van der Waals surface area contributed by atoms with Crippen LogP contribution >= 0.6 is 15.9 Å². The summed E-state index contributed by atoms with van der Waals surface area (Å²) in [4.78, 5) is 0. The van der Waals surface area contributed by atoms with Gasteiger partial charge in [-0.1, -0.05) is 27.1 Å². The van der Waals surface area contributed by atoms with E-state index in [0.29, 0.717) is 0 Å². The zero-order valence-electron chi connectivity index (χ0n) is 6.62. The Bertz CT molecular complexity index is 136. The Morgan fingerprint density at radius 2 is 2.00 bits per heavy atom. The quantitative estimate of drug-likeness (QED) is 0.474. The van der Waals surface area contributed by atoms with Crippen molar-refractivity contribution in [3.8, 4) is 0 Å². The van der Waals surface area contributed by atoms with E-state index in [1.165, 1.54) is 32.1 Å². The van der Waals surface area contributed by atoms with Gasteiger partial charge in [0.1, 0.15) is 0 Å². The largest absolute Gasteiger partial charge is 0.0925 e. The monoisotopic (exact) mass is 202 g/mol. The van der Waals surface area contributed by atoms with Crippen LogP contribution in [0.2, 0.25) is 0 Å². The highest BCUT2D eigenvalue weighted by molar-refractivity contribution is 9.09. The van der Waals surface area contributed by atoms with Gasteiger partial charge in [0.2, 0.25) is 0 Å². The van der Waals surface area contributed by atoms with E-state index in [9.17, 15) is 0 Å². The van der Waals surface area contributed by atoms with Gasteiger partial charge >= 0.3 is 0 Å². The molecule has 0 aromatic rings. The Balaban J connectivity index is 2.50. The Morgan fingerprint density at radius 1 is 1.30 bits per heavy atom. The summed E-state index contributed by atoms with van der Waals surface area (Å²) in [5.41, 5.74) is 3.37. The lowest BCUT2D eigenvalue weighted by molar-refractivity contribution is 0.657. The van der Waals surface area contributed by atoms with Crippen molar-refractivity contribution < 1.29 is 0 Å². The third-order valence-corrected chi connectivity index (χ3v) is 2.68. The second-order valence-corrected chi connectivity index (χ2v) is 3.82. The van der Waals surface area contributed by atoms with Gasteiger partial charge in [0, 0.05) is 5.33 Å². The number of hydrogen-bond acceptors (Lipinski definition) is 0. The summed E-state index contributed by atoms with van der Waals surface area (Å²) in [5.74, 6) is 0. The molecule has 0 aromatic heterocycles. The summed E-state index contributed by atoms with van der Waals surface area (Å²) in [6.07, 6.45) is 6.81. The first-order chi connectivity index (χ1) is 4.84. The van der Waals surface area contributed by atoms with E-state index in [1.54, 1.807) is 11.1 Å². The molecule has 0 aromatic carbocycles. The molecule has 0 saturated heterocycles. The summed E-state index contributed by atoms with van der Waals surface area (Å²) in [5, 5.41) is 1.14. The van der Waals surface area contributed by atoms with Crippen molar-refractivity contribution in [1.82, 2.24) is 0 Å². The molecule has 0 spiro atoms. The third-order valence-electron chi connectivity index (χ3n) is 2.28. The van der Waals surface area contributed by atoms with Gasteiger partial charge in [0.25, 0.3) is 0 Å². The highest BCUT2D eigenvalue weighted by Gasteiger charge is 2.07. The molecule has 1 heteroatoms. The Morgan fingerprint density at radius 3 is 2.60 bits per heavy atom. The van der Waals surface area contributed by atoms with Crippen LogP contribution in [0.4, 0.5) is 0 Å². The Labute approximate surface area is 71.8 Å². The van der Waals surface area contributed by atoms with Gasteiger partial charge < -0.3 is 0 Å². The molecular weight excluding hydrogens is 188 g/mol. The van der Waals surface area contributed by atoms with E-state index in [-0.39, 0.29) is 0 Å². The fourth-order valence-corrected chi connectivity index (χ4v) is 2.05. The predicted molar refractivity (Wildman–Crippen MR) is 49.6 cm³/mol. The number of allylic oxidation sites excluding steroid dienone is 2. The smallest absolute Gasteiger partial charge is 0.00686 e. The average Bonchev–Trinajstić information content (AvgIpc) is 1.94. The van der Waals surface area contributed by atoms with Crippen molar-refractivity contribution >= 4 is 15.9 Å². The summed E-state index contributed by atoms with van der Waals surface area (Å²) in [6.45, 7) is 2.29. The zero-order valence-corrected chi connectivity index (χ0v) is 8.21. The van der Waals surface area contributed by atoms with Crippen molar-refractivity contribution in [2.24, 2.45) is 0 Å². The molecule has 0 amide bonds. The van der Waals surface area contributed by atoms with E-state index in [2.05, 4.69) is 22.9 Å². The van der Waals surface area contributed by atoms with Gasteiger partial charge in [-0.25, -0.2) is 0 Å². The van der Waals surface area contributed by atoms with Crippen LogP contribution in [-0.4, -0.2) is 5.33 Å². The standard InChI is InChI=1S/C9H15Br/c1-8-4-2-3-5-9(8)6-7-10/h2-7H2,1H3. The molecule has 0 saturated carbocycles. The molecule has 1 aliphatic rings. The fraction of sp³-hybridized carbons (Fsp3) is 0.778. The van der Waals surface area contributed by atoms with Crippen molar-refractivity contribution in [1.29, 1.82) is 0 Å². The first-order valence-corrected chi connectivity index (χ1v) is 5.20. The average molecular weight is 203 g/mol. The van der Waals surface area contributed by atoms with Crippen LogP contribution in [0.3, 0.4) is 0 Å². The maximum atomic E-state index is 3.48. The van der Waals surface area contributed by atoms with Crippen LogP contribution in [0.15, 0.2) is 11.1 Å². The van der Waals surface area contributed by atoms with E-state index >= 15 is 0 Å². The number of hydrogen-bond donors (Lipinski definition) is 0. The molecule has 58 valence electrons. The van der Waals surface area contributed by atoms with E-state index < -0.39 is 0 Å². The van der Waals surface area contributed by atoms with Gasteiger partial charge in [-0.15, -0.1) is 0 Å². The van der Waals surface area contributed by atoms with Gasteiger partial charge in [0.15, 0.2) is 0 Å². The molecular formula is C9H15Br. The minimum atomic E-state index is 1.14. The molecule has 0 fully saturated rings. The van der Waals surface area contributed by atoms with Crippen LogP contribution < -0.4 is 0 Å². The van der Waals surface area contributed by atoms with Gasteiger partial charge in [0.05, 0.1) is 0 Å². The highest BCUT2D eigenvalue weighted by Crippen LogP contribution is 2.26. The van der Waals surface area contributed by atoms with E-state index in [4.69, 9.17) is 0 Å². The molecule has 0 aliphatic heterocycles. The maximum Gasteiger partial charge on any atom is 0.00686 e. The first kappa shape index (κ1) is 8.32. The maximum absolute atomic E-state index is 3.48. The normalized spacial score (nSPS) is 19.8. The molecule has 0 bridgehead atoms. The second-order valence-electron chi connectivity index (χ2n) is 3.03. The zero-order chi connectivity index (χ0) is 7.40. The Hall–Kier alpha value is 0.220. The lowest BCUT2D eigenvalue weighted by Crippen LogP contribution is -1.97. The van der Waals surface area contributed by atoms with Crippen LogP contribution in [0, 0.1) is 0 Å². The van der Waals surface area contributed by atoms with Crippen LogP contribution in [0.1, 0.15) is 39.0 Å². The number of alkyl halides is 1. The molecule has 0 heterocycles. The molecule has 0 atom stereocenters. The molecule has 0 radical (unpaired) electrons. The van der Waals surface area contributed by atoms with Crippen molar-refractivity contribution in [2.75, 3.05) is 5.33 Å². The SMILES string of the molecule is CC1=C(CCBr)CCCC1. The molecule has 1 aliphatic carbocycles. The molecule has 1 rings (SSSR count). The molecule has 0 unspecified atom stereocenters. The minimum absolute atomic E-state index is 1.14. The number of rotatable bonds is 2. The lowest BCUT2D eigenvalue weighted by atomic mass is 9.91. The van der Waals surface area contributed by atoms with Gasteiger partial charge in [-0.3, -0.25) is 0 Å². The van der Waals surface area contributed by atoms with E-state index in [0.717, 1.165) is 5.33 Å². The van der Waals surface area contributed by atoms with Crippen molar-refractivity contribution in [2.45, 2.75) is 39.0 Å². The van der Waals surface area contributed by atoms with Crippen LogP contribution in [-0.2, 0) is 0 Å². The highest BCUT2D eigenvalue weighted by atomic mass is 79.9. The van der Waals surface area contributed by atoms with Gasteiger partial charge in [-0.05, 0) is 39.0 Å². The second kappa shape index (κ2) is 4.17. The fourth-order valence-electron chi connectivity index (χ4n) is 1.57. The lowest BCUT2D eigenvalue weighted by Gasteiger charge is -2.16. The predicted octanol–water partition coefficient (Wildman–Crippen LogP) is 3.66. The summed E-state index contributed by atoms with van der Waals surface area (Å²) in [6, 6.07) is 0. The summed E-state index contributed by atoms with van der Waals surface area (Å²) >= 11 is 3.48. The molecule has 0 nitrogen and oxygen atoms in total. The Kier molecular flexibility index (Phi) is 3.47.